The Balaban J connectivity index is 1.78. The van der Waals surface area contributed by atoms with E-state index < -0.39 is 0 Å². The first kappa shape index (κ1) is 12.9. The van der Waals surface area contributed by atoms with Crippen molar-refractivity contribution < 1.29 is 9.13 Å². The van der Waals surface area contributed by atoms with Crippen molar-refractivity contribution in [3.63, 3.8) is 0 Å². The van der Waals surface area contributed by atoms with E-state index in [-0.39, 0.29) is 17.8 Å². The highest BCUT2D eigenvalue weighted by molar-refractivity contribution is 5.38. The molecule has 1 aliphatic rings. The average molecular weight is 276 g/mol. The number of fused-ring (bicyclic) bond motifs is 1. The monoisotopic (exact) mass is 276 g/mol. The van der Waals surface area contributed by atoms with E-state index in [4.69, 9.17) is 10.5 Å². The lowest BCUT2D eigenvalue weighted by Crippen LogP contribution is -2.23. The van der Waals surface area contributed by atoms with E-state index in [1.165, 1.54) is 12.1 Å². The highest BCUT2D eigenvalue weighted by atomic mass is 19.1. The first-order valence-electron chi connectivity index (χ1n) is 6.68. The standard InChI is InChI=1S/C14H17FN4O/c1-8(2)13-14(16)17-18-19(13)7-11-6-9-5-10(15)3-4-12(9)20-11/h3-5,8,11H,6-7,16H2,1-2H3. The fraction of sp³-hybridized carbons (Fsp3) is 0.429. The molecule has 1 atom stereocenters. The van der Waals surface area contributed by atoms with Gasteiger partial charge in [-0.05, 0) is 24.1 Å². The van der Waals surface area contributed by atoms with Crippen molar-refractivity contribution in [2.75, 3.05) is 5.73 Å². The van der Waals surface area contributed by atoms with Crippen LogP contribution >= 0.6 is 0 Å². The van der Waals surface area contributed by atoms with Crippen LogP contribution in [-0.2, 0) is 13.0 Å². The summed E-state index contributed by atoms with van der Waals surface area (Å²) < 4.78 is 20.8. The fourth-order valence-electron chi connectivity index (χ4n) is 2.65. The second kappa shape index (κ2) is 4.77. The quantitative estimate of drug-likeness (QED) is 0.932. The van der Waals surface area contributed by atoms with Crippen molar-refractivity contribution >= 4 is 5.82 Å². The summed E-state index contributed by atoms with van der Waals surface area (Å²) in [6.07, 6.45) is 0.607. The smallest absolute Gasteiger partial charge is 0.169 e. The van der Waals surface area contributed by atoms with Crippen LogP contribution in [0.1, 0.15) is 31.0 Å². The number of anilines is 1. The molecular weight excluding hydrogens is 259 g/mol. The van der Waals surface area contributed by atoms with Crippen LogP contribution in [0.25, 0.3) is 0 Å². The second-order valence-electron chi connectivity index (χ2n) is 5.39. The fourth-order valence-corrected chi connectivity index (χ4v) is 2.65. The van der Waals surface area contributed by atoms with Crippen LogP contribution < -0.4 is 10.5 Å². The zero-order chi connectivity index (χ0) is 14.3. The third kappa shape index (κ3) is 2.21. The molecule has 6 heteroatoms. The number of halogens is 1. The molecule has 1 aromatic carbocycles. The lowest BCUT2D eigenvalue weighted by atomic mass is 10.1. The van der Waals surface area contributed by atoms with Gasteiger partial charge in [0, 0.05) is 12.0 Å². The average Bonchev–Trinajstić information content (AvgIpc) is 2.92. The molecule has 0 saturated heterocycles. The largest absolute Gasteiger partial charge is 0.488 e. The SMILES string of the molecule is CC(C)c1c(N)nnn1CC1Cc2cc(F)ccc2O1. The van der Waals surface area contributed by atoms with Crippen molar-refractivity contribution in [2.24, 2.45) is 0 Å². The number of nitrogens with zero attached hydrogens (tertiary/aromatic N) is 3. The number of hydrogen-bond acceptors (Lipinski definition) is 4. The van der Waals surface area contributed by atoms with Gasteiger partial charge >= 0.3 is 0 Å². The molecule has 2 aromatic rings. The van der Waals surface area contributed by atoms with Crippen LogP contribution in [0.4, 0.5) is 10.2 Å². The topological polar surface area (TPSA) is 66.0 Å². The minimum Gasteiger partial charge on any atom is -0.488 e. The molecule has 2 N–H and O–H groups in total. The molecule has 0 fully saturated rings. The molecule has 5 nitrogen and oxygen atoms in total. The number of hydrogen-bond donors (Lipinski definition) is 1. The van der Waals surface area contributed by atoms with Crippen LogP contribution in [0.3, 0.4) is 0 Å². The van der Waals surface area contributed by atoms with E-state index in [1.54, 1.807) is 10.7 Å². The molecule has 1 aromatic heterocycles. The Bertz CT molecular complexity index is 638. The van der Waals surface area contributed by atoms with Crippen LogP contribution in [0.15, 0.2) is 18.2 Å². The van der Waals surface area contributed by atoms with Gasteiger partial charge in [0.15, 0.2) is 5.82 Å². The summed E-state index contributed by atoms with van der Waals surface area (Å²) in [5, 5.41) is 7.99. The zero-order valence-corrected chi connectivity index (χ0v) is 11.5. The molecule has 3 rings (SSSR count). The third-order valence-electron chi connectivity index (χ3n) is 3.49. The molecule has 0 amide bonds. The van der Waals surface area contributed by atoms with Crippen LogP contribution in [0.2, 0.25) is 0 Å². The van der Waals surface area contributed by atoms with Gasteiger partial charge in [-0.15, -0.1) is 5.10 Å². The molecule has 20 heavy (non-hydrogen) atoms. The van der Waals surface area contributed by atoms with Gasteiger partial charge in [-0.3, -0.25) is 0 Å². The molecule has 0 saturated carbocycles. The van der Waals surface area contributed by atoms with Gasteiger partial charge in [0.25, 0.3) is 0 Å². The van der Waals surface area contributed by atoms with Gasteiger partial charge in [-0.25, -0.2) is 9.07 Å². The number of nitrogens with two attached hydrogens (primary N) is 1. The van der Waals surface area contributed by atoms with Gasteiger partial charge in [0.2, 0.25) is 0 Å². The Morgan fingerprint density at radius 1 is 1.50 bits per heavy atom. The first-order valence-corrected chi connectivity index (χ1v) is 6.68. The highest BCUT2D eigenvalue weighted by Gasteiger charge is 2.25. The Morgan fingerprint density at radius 3 is 3.05 bits per heavy atom. The number of aromatic nitrogens is 3. The molecule has 0 spiro atoms. The van der Waals surface area contributed by atoms with E-state index in [2.05, 4.69) is 10.3 Å². The number of ether oxygens (including phenoxy) is 1. The molecule has 0 aliphatic carbocycles. The van der Waals surface area contributed by atoms with Crippen molar-refractivity contribution in [2.45, 2.75) is 38.8 Å². The Morgan fingerprint density at radius 2 is 2.30 bits per heavy atom. The number of benzene rings is 1. The molecule has 106 valence electrons. The van der Waals surface area contributed by atoms with Gasteiger partial charge < -0.3 is 10.5 Å². The Labute approximate surface area is 116 Å². The summed E-state index contributed by atoms with van der Waals surface area (Å²) in [4.78, 5) is 0. The lowest BCUT2D eigenvalue weighted by Gasteiger charge is -2.14. The highest BCUT2D eigenvalue weighted by Crippen LogP contribution is 2.30. The van der Waals surface area contributed by atoms with Crippen LogP contribution in [-0.4, -0.2) is 21.1 Å². The maximum Gasteiger partial charge on any atom is 0.169 e. The maximum absolute atomic E-state index is 13.2. The first-order chi connectivity index (χ1) is 9.54. The van der Waals surface area contributed by atoms with E-state index in [0.29, 0.717) is 18.8 Å². The molecule has 2 heterocycles. The van der Waals surface area contributed by atoms with E-state index in [0.717, 1.165) is 17.0 Å². The molecule has 0 radical (unpaired) electrons. The Kier molecular flexibility index (Phi) is 3.08. The van der Waals surface area contributed by atoms with Gasteiger partial charge in [-0.2, -0.15) is 0 Å². The summed E-state index contributed by atoms with van der Waals surface area (Å²) in [6, 6.07) is 4.60. The number of nitrogen functional groups attached to an aromatic ring is 1. The molecular formula is C14H17FN4O. The van der Waals surface area contributed by atoms with Gasteiger partial charge in [-0.1, -0.05) is 19.1 Å². The van der Waals surface area contributed by atoms with E-state index >= 15 is 0 Å². The van der Waals surface area contributed by atoms with E-state index in [9.17, 15) is 4.39 Å². The van der Waals surface area contributed by atoms with Crippen molar-refractivity contribution in [3.05, 3.63) is 35.3 Å². The summed E-state index contributed by atoms with van der Waals surface area (Å²) in [6.45, 7) is 4.66. The normalized spacial score (nSPS) is 17.3. The van der Waals surface area contributed by atoms with E-state index in [1.807, 2.05) is 13.8 Å². The summed E-state index contributed by atoms with van der Waals surface area (Å²) in [5.74, 6) is 1.21. The maximum atomic E-state index is 13.2. The van der Waals surface area contributed by atoms with Crippen molar-refractivity contribution in [1.82, 2.24) is 15.0 Å². The van der Waals surface area contributed by atoms with Gasteiger partial charge in [0.1, 0.15) is 17.7 Å². The summed E-state index contributed by atoms with van der Waals surface area (Å²) in [5.41, 5.74) is 7.65. The third-order valence-corrected chi connectivity index (χ3v) is 3.49. The molecule has 1 unspecified atom stereocenters. The predicted molar refractivity (Wildman–Crippen MR) is 73.0 cm³/mol. The van der Waals surface area contributed by atoms with Gasteiger partial charge in [0.05, 0.1) is 12.2 Å². The molecule has 1 aliphatic heterocycles. The summed E-state index contributed by atoms with van der Waals surface area (Å²) in [7, 11) is 0. The van der Waals surface area contributed by atoms with Crippen LogP contribution in [0, 0.1) is 5.82 Å². The Hall–Kier alpha value is -2.11. The van der Waals surface area contributed by atoms with Crippen molar-refractivity contribution in [1.29, 1.82) is 0 Å². The zero-order valence-electron chi connectivity index (χ0n) is 11.5. The second-order valence-corrected chi connectivity index (χ2v) is 5.39. The molecule has 0 bridgehead atoms. The minimum absolute atomic E-state index is 0.0644. The predicted octanol–water partition coefficient (Wildman–Crippen LogP) is 2.13. The van der Waals surface area contributed by atoms with Crippen molar-refractivity contribution in [3.8, 4) is 5.75 Å². The number of rotatable bonds is 3. The summed E-state index contributed by atoms with van der Waals surface area (Å²) >= 11 is 0. The minimum atomic E-state index is -0.235. The lowest BCUT2D eigenvalue weighted by molar-refractivity contribution is 0.200. The van der Waals surface area contributed by atoms with Crippen LogP contribution in [0.5, 0.6) is 5.75 Å².